The quantitative estimate of drug-likeness (QED) is 0.431. The molecule has 2 aromatic heterocycles. The molecule has 7 nitrogen and oxygen atoms in total. The van der Waals surface area contributed by atoms with Crippen LogP contribution in [-0.2, 0) is 13.0 Å². The van der Waals surface area contributed by atoms with Crippen molar-refractivity contribution < 1.29 is 4.74 Å². The first-order valence-corrected chi connectivity index (χ1v) is 10.4. The van der Waals surface area contributed by atoms with Gasteiger partial charge in [-0.3, -0.25) is 4.79 Å². The molecule has 4 rings (SSSR count). The second-order valence-corrected chi connectivity index (χ2v) is 7.58. The molecule has 29 heavy (non-hydrogen) atoms. The van der Waals surface area contributed by atoms with Gasteiger partial charge in [0.05, 0.1) is 18.2 Å². The lowest BCUT2D eigenvalue weighted by Gasteiger charge is -2.22. The van der Waals surface area contributed by atoms with Crippen LogP contribution in [0.1, 0.15) is 50.4 Å². The van der Waals surface area contributed by atoms with Crippen LogP contribution in [-0.4, -0.2) is 31.4 Å². The molecule has 7 heteroatoms. The smallest absolute Gasteiger partial charge is 0.251 e. The van der Waals surface area contributed by atoms with Crippen molar-refractivity contribution in [3.05, 3.63) is 59.2 Å². The van der Waals surface area contributed by atoms with E-state index in [-0.39, 0.29) is 5.56 Å². The van der Waals surface area contributed by atoms with Gasteiger partial charge >= 0.3 is 0 Å². The van der Waals surface area contributed by atoms with Crippen LogP contribution >= 0.6 is 0 Å². The molecule has 2 heterocycles. The van der Waals surface area contributed by atoms with Crippen LogP contribution < -0.4 is 10.3 Å². The fourth-order valence-corrected chi connectivity index (χ4v) is 4.10. The van der Waals surface area contributed by atoms with E-state index in [1.165, 1.54) is 32.1 Å². The summed E-state index contributed by atoms with van der Waals surface area (Å²) in [5.41, 5.74) is 0.859. The Morgan fingerprint density at radius 1 is 1.17 bits per heavy atom. The predicted molar refractivity (Wildman–Crippen MR) is 112 cm³/mol. The fraction of sp³-hybridized carbons (Fsp3) is 0.455. The summed E-state index contributed by atoms with van der Waals surface area (Å²) in [4.78, 5) is 12.0. The summed E-state index contributed by atoms with van der Waals surface area (Å²) < 4.78 is 9.67. The first-order valence-electron chi connectivity index (χ1n) is 10.4. The fourth-order valence-electron chi connectivity index (χ4n) is 4.10. The van der Waals surface area contributed by atoms with E-state index < -0.39 is 0 Å². The van der Waals surface area contributed by atoms with Crippen molar-refractivity contribution in [2.75, 3.05) is 6.61 Å². The third-order valence-electron chi connectivity index (χ3n) is 5.57. The van der Waals surface area contributed by atoms with Crippen LogP contribution in [0.3, 0.4) is 0 Å². The molecule has 1 aromatic carbocycles. The molecule has 1 aliphatic carbocycles. The van der Waals surface area contributed by atoms with Crippen molar-refractivity contribution in [3.8, 4) is 5.75 Å². The molecule has 1 aliphatic rings. The molecular weight excluding hydrogens is 366 g/mol. The van der Waals surface area contributed by atoms with E-state index in [1.54, 1.807) is 16.7 Å². The van der Waals surface area contributed by atoms with Gasteiger partial charge in [0, 0.05) is 24.4 Å². The maximum atomic E-state index is 12.0. The number of nitrogens with zero attached hydrogens (tertiary/aromatic N) is 5. The Morgan fingerprint density at radius 2 is 2.03 bits per heavy atom. The monoisotopic (exact) mass is 393 g/mol. The molecule has 152 valence electrons. The van der Waals surface area contributed by atoms with Gasteiger partial charge in [-0.15, -0.1) is 11.7 Å². The Balaban J connectivity index is 1.36. The van der Waals surface area contributed by atoms with Crippen LogP contribution in [0.25, 0.3) is 10.9 Å². The number of aromatic nitrogens is 5. The average molecular weight is 393 g/mol. The third-order valence-corrected chi connectivity index (χ3v) is 5.57. The summed E-state index contributed by atoms with van der Waals surface area (Å²) in [5, 5.41) is 13.3. The Hall–Kier alpha value is -2.96. The third kappa shape index (κ3) is 4.39. The van der Waals surface area contributed by atoms with Crippen LogP contribution in [0.5, 0.6) is 5.75 Å². The Bertz CT molecular complexity index is 1030. The number of benzene rings is 1. The van der Waals surface area contributed by atoms with E-state index in [1.807, 2.05) is 28.9 Å². The number of aryl methyl sites for hydroxylation is 1. The highest BCUT2D eigenvalue weighted by molar-refractivity contribution is 5.80. The second kappa shape index (κ2) is 9.03. The zero-order valence-electron chi connectivity index (χ0n) is 16.7. The number of hydrogen-bond acceptors (Lipinski definition) is 5. The Kier molecular flexibility index (Phi) is 6.03. The average Bonchev–Trinajstić information content (AvgIpc) is 3.22. The zero-order chi connectivity index (χ0) is 20.1. The van der Waals surface area contributed by atoms with Gasteiger partial charge in [-0.25, -0.2) is 4.68 Å². The minimum absolute atomic E-state index is 0.0262. The van der Waals surface area contributed by atoms with Crippen molar-refractivity contribution in [2.45, 2.75) is 57.5 Å². The van der Waals surface area contributed by atoms with E-state index >= 15 is 0 Å². The summed E-state index contributed by atoms with van der Waals surface area (Å²) in [7, 11) is 0. The van der Waals surface area contributed by atoms with Crippen molar-refractivity contribution in [1.82, 2.24) is 24.8 Å². The van der Waals surface area contributed by atoms with Crippen molar-refractivity contribution in [3.63, 3.8) is 0 Å². The lowest BCUT2D eigenvalue weighted by Crippen LogP contribution is -2.18. The molecule has 0 radical (unpaired) electrons. The molecule has 0 N–H and O–H groups in total. The van der Waals surface area contributed by atoms with Gasteiger partial charge in [0.25, 0.3) is 5.56 Å². The van der Waals surface area contributed by atoms with Gasteiger partial charge in [0.15, 0.2) is 5.82 Å². The summed E-state index contributed by atoms with van der Waals surface area (Å²) in [6.45, 7) is 4.81. The Labute approximate surface area is 170 Å². The number of rotatable bonds is 8. The molecular formula is C22H27N5O2. The number of tetrazole rings is 1. The number of fused-ring (bicyclic) bond motifs is 1. The highest BCUT2D eigenvalue weighted by atomic mass is 16.5. The maximum Gasteiger partial charge on any atom is 0.251 e. The Morgan fingerprint density at radius 3 is 2.86 bits per heavy atom. The molecule has 0 aliphatic heterocycles. The summed E-state index contributed by atoms with van der Waals surface area (Å²) in [5.74, 6) is 1.75. The molecule has 0 unspecified atom stereocenters. The number of hydrogen-bond donors (Lipinski definition) is 0. The summed E-state index contributed by atoms with van der Waals surface area (Å²) >= 11 is 0. The van der Waals surface area contributed by atoms with Crippen molar-refractivity contribution >= 4 is 10.9 Å². The van der Waals surface area contributed by atoms with Gasteiger partial charge < -0.3 is 9.30 Å². The van der Waals surface area contributed by atoms with Crippen LogP contribution in [0.15, 0.2) is 47.8 Å². The van der Waals surface area contributed by atoms with E-state index in [0.717, 1.165) is 35.3 Å². The number of pyridine rings is 1. The van der Waals surface area contributed by atoms with Gasteiger partial charge in [-0.05, 0) is 54.0 Å². The second-order valence-electron chi connectivity index (χ2n) is 7.58. The summed E-state index contributed by atoms with van der Waals surface area (Å²) in [6.07, 6.45) is 9.55. The normalized spacial score (nSPS) is 14.9. The standard InChI is InChI=1S/C22H27N5O2/c1-2-14-26-20-12-11-19(16-17(20)10-13-22(26)28)29-15-6-9-21-23-24-25-27(21)18-7-4-3-5-8-18/h2,10-13,16,18H,1,3-9,14-15H2. The molecule has 0 atom stereocenters. The minimum atomic E-state index is -0.0262. The molecule has 0 spiro atoms. The van der Waals surface area contributed by atoms with Gasteiger partial charge in [0.2, 0.25) is 0 Å². The van der Waals surface area contributed by atoms with Gasteiger partial charge in [-0.1, -0.05) is 25.3 Å². The van der Waals surface area contributed by atoms with Gasteiger partial charge in [-0.2, -0.15) is 0 Å². The molecule has 1 fully saturated rings. The molecule has 0 bridgehead atoms. The van der Waals surface area contributed by atoms with E-state index in [4.69, 9.17) is 4.74 Å². The molecule has 3 aromatic rings. The van der Waals surface area contributed by atoms with Crippen LogP contribution in [0, 0.1) is 0 Å². The zero-order valence-corrected chi connectivity index (χ0v) is 16.7. The highest BCUT2D eigenvalue weighted by Gasteiger charge is 2.19. The lowest BCUT2D eigenvalue weighted by molar-refractivity contribution is 0.298. The van der Waals surface area contributed by atoms with Crippen molar-refractivity contribution in [1.29, 1.82) is 0 Å². The number of ether oxygens (including phenoxy) is 1. The van der Waals surface area contributed by atoms with Gasteiger partial charge in [0.1, 0.15) is 5.75 Å². The maximum absolute atomic E-state index is 12.0. The van der Waals surface area contributed by atoms with E-state index in [2.05, 4.69) is 22.1 Å². The number of allylic oxidation sites excluding steroid dienone is 1. The van der Waals surface area contributed by atoms with E-state index in [0.29, 0.717) is 19.2 Å². The lowest BCUT2D eigenvalue weighted by atomic mass is 9.95. The highest BCUT2D eigenvalue weighted by Crippen LogP contribution is 2.28. The largest absolute Gasteiger partial charge is 0.494 e. The first-order chi connectivity index (χ1) is 14.3. The minimum Gasteiger partial charge on any atom is -0.494 e. The first kappa shape index (κ1) is 19.4. The molecule has 0 amide bonds. The van der Waals surface area contributed by atoms with Crippen molar-refractivity contribution in [2.24, 2.45) is 0 Å². The van der Waals surface area contributed by atoms with Crippen LogP contribution in [0.2, 0.25) is 0 Å². The van der Waals surface area contributed by atoms with E-state index in [9.17, 15) is 4.79 Å². The summed E-state index contributed by atoms with van der Waals surface area (Å²) in [6, 6.07) is 9.68. The molecule has 1 saturated carbocycles. The SMILES string of the molecule is C=CCn1c(=O)ccc2cc(OCCCc3nnnn3C3CCCCC3)ccc21. The van der Waals surface area contributed by atoms with Crippen LogP contribution in [0.4, 0.5) is 0 Å². The molecule has 0 saturated heterocycles. The predicted octanol–water partition coefficient (Wildman–Crippen LogP) is 3.69. The topological polar surface area (TPSA) is 74.8 Å².